The summed E-state index contributed by atoms with van der Waals surface area (Å²) in [6.07, 6.45) is 1.54. The van der Waals surface area contributed by atoms with Crippen molar-refractivity contribution in [2.45, 2.75) is 147 Å². The third kappa shape index (κ3) is 20.9. The Balaban J connectivity index is 0.648. The Kier molecular flexibility index (Phi) is 26.2. The standard InChI is InChI=1S/C66H83N9O20P2S2/c1-39(2)50(30-45(76)22-25-87-27-26-86-24-11-16-56(78)88-35-51-48-14-7-5-6-8-15-49(48)51)62(81)70-40(3)52(77)28-41-17-19-42(20-18-41)33-89-66(83)74(4)32-43-12-9-10-13-47(43)61(80)72-65-71-60-57(63(82)73-65)69-38-75(60)64-59-58(79)54(93-64)36-91-96(84,98)94-53-31-46(92-55-21-23-67-37-68-55)29-44(53)34-90-97(85,99)95-59/h9-10,12-13,17-21,23,37-40,44,46,48-51,53-54,58-59,64,79H,7-8,11,14-16,22,24-36H2,1-4H3,(H,70,81)(H,84,98)(H,85,99)(H2,71,72,73,80,82)/t40-,44+,46+,48-,49+,50-,51?,53-,54+,58+,59+,64+,96?,97?/m0/s1. The van der Waals surface area contributed by atoms with Gasteiger partial charge in [-0.2, -0.15) is 4.98 Å². The van der Waals surface area contributed by atoms with Crippen molar-refractivity contribution in [1.82, 2.24) is 39.7 Å². The summed E-state index contributed by atoms with van der Waals surface area (Å²) in [5.74, 6) is 4.93. The first-order valence-electron chi connectivity index (χ1n) is 33.0. The van der Waals surface area contributed by atoms with E-state index in [0.29, 0.717) is 73.0 Å². The zero-order valence-electron chi connectivity index (χ0n) is 55.3. The highest BCUT2D eigenvalue weighted by Gasteiger charge is 2.52. The van der Waals surface area contributed by atoms with E-state index in [0.717, 1.165) is 25.7 Å². The first kappa shape index (κ1) is 74.8. The zero-order valence-corrected chi connectivity index (χ0v) is 58.8. The number of rotatable bonds is 29. The number of thiol groups is 1. The molecule has 5 aliphatic rings. The molecule has 2 aromatic carbocycles. The van der Waals surface area contributed by atoms with Gasteiger partial charge in [0.05, 0.1) is 58.1 Å². The Morgan fingerprint density at radius 1 is 0.899 bits per heavy atom. The highest BCUT2D eigenvalue weighted by molar-refractivity contribution is 8.44. The van der Waals surface area contributed by atoms with Crippen LogP contribution in [0.5, 0.6) is 5.88 Å². The molecule has 99 heavy (non-hydrogen) atoms. The summed E-state index contributed by atoms with van der Waals surface area (Å²) in [5.41, 5.74) is 0.590. The van der Waals surface area contributed by atoms with E-state index in [9.17, 15) is 48.1 Å². The van der Waals surface area contributed by atoms with Gasteiger partial charge in [0.15, 0.2) is 23.2 Å². The molecular formula is C66H83N9O20P2S2. The van der Waals surface area contributed by atoms with Crippen molar-refractivity contribution in [2.75, 3.05) is 58.6 Å². The Bertz CT molecular complexity index is 3880. The molecule has 0 spiro atoms. The second kappa shape index (κ2) is 34.7. The minimum Gasteiger partial charge on any atom is -0.474 e. The fourth-order valence-electron chi connectivity index (χ4n) is 12.6. The smallest absolute Gasteiger partial charge is 0.410 e. The van der Waals surface area contributed by atoms with E-state index < -0.39 is 98.2 Å². The average Bonchev–Trinajstić information content (AvgIpc) is 1.54. The van der Waals surface area contributed by atoms with Crippen molar-refractivity contribution < 1.29 is 89.8 Å². The average molecular weight is 1450 g/mol. The molecule has 3 aromatic heterocycles. The van der Waals surface area contributed by atoms with Crippen LogP contribution >= 0.6 is 25.8 Å². The number of ether oxygens (including phenoxy) is 6. The number of nitrogens with one attached hydrogen (secondary N) is 3. The summed E-state index contributed by atoms with van der Waals surface area (Å²) >= 11 is 9.63. The predicted octanol–water partition coefficient (Wildman–Crippen LogP) is 7.15. The molecule has 5 aromatic rings. The SMILES string of the molecule is CC(C)[C@H](CC(=O)CCOCCOCCCC(=O)OCC1[C@H]2CCC#CCC[C@@H]12)C(=O)N[C@@H](C)C(=O)Cc1ccc(COC(=O)N(C)Cc2ccccc2C(=O)Nc2nc3c(ncn3[C@@H]3O[C@@H]4COP(O)(=S)O[C@H]5C[C@H](Oc6ccncn6)C[C@@H]5COP(=O)(S)O[C@@H]3[C@@H]4O)c(=O)[nH]2)cc1. The number of esters is 1. The summed E-state index contributed by atoms with van der Waals surface area (Å²) in [6, 6.07) is 14.0. The number of hydrogen-bond donors (Lipinski definition) is 6. The molecule has 14 atom stereocenters. The van der Waals surface area contributed by atoms with E-state index in [1.54, 1.807) is 55.5 Å². The Labute approximate surface area is 582 Å². The number of H-pyrrole nitrogens is 1. The van der Waals surface area contributed by atoms with Crippen LogP contribution in [0.1, 0.15) is 118 Å². The van der Waals surface area contributed by atoms with E-state index in [4.69, 9.17) is 58.3 Å². The van der Waals surface area contributed by atoms with Gasteiger partial charge in [-0.1, -0.05) is 68.6 Å². The number of nitrogens with zero attached hydrogens (tertiary/aromatic N) is 6. The van der Waals surface area contributed by atoms with Crippen LogP contribution < -0.4 is 20.9 Å². The number of benzene rings is 2. The second-order valence-corrected chi connectivity index (χ2v) is 31.2. The van der Waals surface area contributed by atoms with Crippen LogP contribution in [0.15, 0.2) is 78.2 Å². The summed E-state index contributed by atoms with van der Waals surface area (Å²) in [4.78, 5) is 125. The van der Waals surface area contributed by atoms with Crippen LogP contribution in [-0.4, -0.2) is 170 Å². The van der Waals surface area contributed by atoms with Crippen LogP contribution in [0, 0.1) is 47.3 Å². The Morgan fingerprint density at radius 3 is 2.37 bits per heavy atom. The molecule has 0 radical (unpaired) electrons. The number of fused-ring (bicyclic) bond motifs is 5. The Morgan fingerprint density at radius 2 is 1.64 bits per heavy atom. The quantitative estimate of drug-likeness (QED) is 0.00909. The van der Waals surface area contributed by atoms with Gasteiger partial charge in [-0.25, -0.2) is 24.3 Å². The molecule has 4 fully saturated rings. The van der Waals surface area contributed by atoms with Crippen LogP contribution in [0.2, 0.25) is 0 Å². The van der Waals surface area contributed by atoms with Gasteiger partial charge in [-0.05, 0) is 90.8 Å². The van der Waals surface area contributed by atoms with Crippen molar-refractivity contribution in [2.24, 2.45) is 35.5 Å². The van der Waals surface area contributed by atoms with Crippen LogP contribution in [-0.2, 0) is 96.9 Å². The van der Waals surface area contributed by atoms with Gasteiger partial charge in [0.2, 0.25) is 17.7 Å². The molecule has 3 aliphatic carbocycles. The van der Waals surface area contributed by atoms with Crippen molar-refractivity contribution in [3.05, 3.63) is 106 Å². The number of hydrogen-bond acceptors (Lipinski definition) is 24. The zero-order chi connectivity index (χ0) is 70.4. The second-order valence-electron chi connectivity index (χ2n) is 25.5. The molecular weight excluding hydrogens is 1360 g/mol. The number of anilines is 1. The molecule has 2 saturated heterocycles. The molecule has 10 rings (SSSR count). The minimum absolute atomic E-state index is 0.00138. The fraction of sp³-hybridized carbons (Fsp3) is 0.561. The van der Waals surface area contributed by atoms with Crippen molar-refractivity contribution in [1.29, 1.82) is 0 Å². The first-order valence-corrected chi connectivity index (χ1v) is 38.3. The number of aromatic nitrogens is 6. The fourth-order valence-corrected chi connectivity index (χ4v) is 15.6. The van der Waals surface area contributed by atoms with Crippen LogP contribution in [0.4, 0.5) is 10.7 Å². The lowest BCUT2D eigenvalue weighted by Crippen LogP contribution is -2.44. The number of carbonyl (C=O) groups excluding carboxylic acids is 6. The molecule has 2 saturated carbocycles. The van der Waals surface area contributed by atoms with Crippen LogP contribution in [0.3, 0.4) is 0 Å². The topological polar surface area (TPSA) is 369 Å². The number of aromatic amines is 1. The monoisotopic (exact) mass is 1450 g/mol. The van der Waals surface area contributed by atoms with Crippen molar-refractivity contribution in [3.63, 3.8) is 0 Å². The number of ketones is 2. The molecule has 3 unspecified atom stereocenters. The van der Waals surface area contributed by atoms with E-state index in [1.165, 1.54) is 41.4 Å². The molecule has 5 N–H and O–H groups in total. The number of imidazole rings is 1. The lowest BCUT2D eigenvalue weighted by atomic mass is 9.88. The predicted molar refractivity (Wildman–Crippen MR) is 362 cm³/mol. The molecule has 3 amide bonds. The van der Waals surface area contributed by atoms with Crippen LogP contribution in [0.25, 0.3) is 11.2 Å². The van der Waals surface area contributed by atoms with Gasteiger partial charge in [0.1, 0.15) is 43.1 Å². The number of amides is 3. The summed E-state index contributed by atoms with van der Waals surface area (Å²) < 4.78 is 73.1. The largest absolute Gasteiger partial charge is 0.474 e. The van der Waals surface area contributed by atoms with E-state index in [-0.39, 0.29) is 111 Å². The highest BCUT2D eigenvalue weighted by Crippen LogP contribution is 2.59. The van der Waals surface area contributed by atoms with Gasteiger partial charge in [0.25, 0.3) is 11.5 Å². The molecule has 29 nitrogen and oxygen atoms in total. The van der Waals surface area contributed by atoms with E-state index >= 15 is 0 Å². The maximum atomic E-state index is 14.0. The number of Topliss-reactive ketones (excluding diaryl/α,β-unsaturated/α-hetero) is 2. The lowest BCUT2D eigenvalue weighted by Gasteiger charge is -2.27. The maximum Gasteiger partial charge on any atom is 0.410 e. The number of carbonyl (C=O) groups is 6. The summed E-state index contributed by atoms with van der Waals surface area (Å²) in [5, 5.41) is 17.0. The van der Waals surface area contributed by atoms with Crippen molar-refractivity contribution in [3.8, 4) is 17.7 Å². The molecule has 2 aliphatic heterocycles. The summed E-state index contributed by atoms with van der Waals surface area (Å²) in [7, 11) is 1.48. The lowest BCUT2D eigenvalue weighted by molar-refractivity contribution is -0.144. The van der Waals surface area contributed by atoms with Gasteiger partial charge in [-0.3, -0.25) is 48.2 Å². The highest BCUT2D eigenvalue weighted by atomic mass is 32.7. The maximum absolute atomic E-state index is 14.0. The first-order chi connectivity index (χ1) is 47.5. The third-order valence-corrected chi connectivity index (χ3v) is 21.3. The van der Waals surface area contributed by atoms with E-state index in [2.05, 4.69) is 59.6 Å². The van der Waals surface area contributed by atoms with Gasteiger partial charge >= 0.3 is 25.6 Å². The van der Waals surface area contributed by atoms with Gasteiger partial charge < -0.3 is 62.2 Å². The molecule has 5 heterocycles. The third-order valence-electron chi connectivity index (χ3n) is 18.1. The molecule has 2 bridgehead atoms. The van der Waals surface area contributed by atoms with Crippen molar-refractivity contribution >= 4 is 90.1 Å². The van der Waals surface area contributed by atoms with Gasteiger partial charge in [0, 0.05) is 94.8 Å². The molecule has 33 heteroatoms. The number of aliphatic hydroxyl groups is 1. The van der Waals surface area contributed by atoms with E-state index in [1.807, 2.05) is 13.8 Å². The normalized spacial score (nSPS) is 26.4. The Hall–Kier alpha value is -6.88. The van der Waals surface area contributed by atoms with Gasteiger partial charge in [-0.15, -0.1) is 11.8 Å². The minimum atomic E-state index is -4.37. The summed E-state index contributed by atoms with van der Waals surface area (Å²) in [6.45, 7) is -2.56. The number of aliphatic hydroxyl groups excluding tert-OH is 1. The molecule has 534 valence electrons.